The number of nitrogens with one attached hydrogen (secondary N) is 1. The maximum Gasteiger partial charge on any atom is 0.0576 e. The number of hydrogen-bond acceptors (Lipinski definition) is 3. The number of nitrogens with zero attached hydrogens (tertiary/aromatic N) is 1. The molecule has 1 fully saturated rings. The van der Waals surface area contributed by atoms with Crippen LogP contribution in [0.15, 0.2) is 18.2 Å². The maximum absolute atomic E-state index is 5.72. The highest BCUT2D eigenvalue weighted by Crippen LogP contribution is 2.31. The molecular weight excluding hydrogens is 260 g/mol. The summed E-state index contributed by atoms with van der Waals surface area (Å²) in [4.78, 5) is 2.55. The molecule has 0 bridgehead atoms. The predicted octanol–water partition coefficient (Wildman–Crippen LogP) is 3.29. The predicted molar refractivity (Wildman–Crippen MR) is 88.0 cm³/mol. The molecule has 21 heavy (non-hydrogen) atoms. The molecule has 3 nitrogen and oxygen atoms in total. The number of fused-ring (bicyclic) bond motifs is 1. The fraction of sp³-hybridized carbons (Fsp3) is 0.667. The summed E-state index contributed by atoms with van der Waals surface area (Å²) >= 11 is 0. The van der Waals surface area contributed by atoms with Crippen LogP contribution in [0.25, 0.3) is 0 Å². The van der Waals surface area contributed by atoms with Crippen molar-refractivity contribution < 1.29 is 4.74 Å². The van der Waals surface area contributed by atoms with Crippen molar-refractivity contribution in [1.82, 2.24) is 5.32 Å². The van der Waals surface area contributed by atoms with Crippen LogP contribution in [0.4, 0.5) is 5.69 Å². The highest BCUT2D eigenvalue weighted by Gasteiger charge is 2.21. The van der Waals surface area contributed by atoms with E-state index >= 15 is 0 Å². The third-order valence-electron chi connectivity index (χ3n) is 5.01. The van der Waals surface area contributed by atoms with E-state index in [9.17, 15) is 0 Å². The van der Waals surface area contributed by atoms with Crippen molar-refractivity contribution in [1.29, 1.82) is 0 Å². The monoisotopic (exact) mass is 288 g/mol. The van der Waals surface area contributed by atoms with Crippen molar-refractivity contribution in [2.45, 2.75) is 51.2 Å². The van der Waals surface area contributed by atoms with Crippen LogP contribution in [0.3, 0.4) is 0 Å². The van der Waals surface area contributed by atoms with Gasteiger partial charge in [0.2, 0.25) is 0 Å². The lowest BCUT2D eigenvalue weighted by atomic mass is 10.0. The Bertz CT molecular complexity index is 468. The lowest BCUT2D eigenvalue weighted by Gasteiger charge is -2.21. The highest BCUT2D eigenvalue weighted by atomic mass is 16.5. The zero-order chi connectivity index (χ0) is 14.7. The summed E-state index contributed by atoms with van der Waals surface area (Å²) in [5, 5.41) is 3.32. The molecule has 0 radical (unpaired) electrons. The minimum atomic E-state index is 0.434. The molecule has 2 heterocycles. The van der Waals surface area contributed by atoms with Gasteiger partial charge >= 0.3 is 0 Å². The Labute approximate surface area is 128 Å². The molecule has 0 aromatic heterocycles. The molecule has 0 saturated carbocycles. The number of anilines is 1. The molecule has 1 N–H and O–H groups in total. The Balaban J connectivity index is 1.56. The van der Waals surface area contributed by atoms with E-state index in [0.29, 0.717) is 12.1 Å². The van der Waals surface area contributed by atoms with Crippen LogP contribution in [0.1, 0.15) is 49.8 Å². The van der Waals surface area contributed by atoms with Crippen LogP contribution in [-0.4, -0.2) is 32.8 Å². The fourth-order valence-electron chi connectivity index (χ4n) is 3.54. The van der Waals surface area contributed by atoms with E-state index in [1.807, 2.05) is 7.05 Å². The largest absolute Gasteiger partial charge is 0.378 e. The van der Waals surface area contributed by atoms with Gasteiger partial charge in [-0.1, -0.05) is 12.1 Å². The van der Waals surface area contributed by atoms with Crippen molar-refractivity contribution in [3.8, 4) is 0 Å². The molecular formula is C18H28N2O. The Hall–Kier alpha value is -1.06. The van der Waals surface area contributed by atoms with E-state index < -0.39 is 0 Å². The Morgan fingerprint density at radius 3 is 3.10 bits per heavy atom. The number of rotatable bonds is 6. The normalized spacial score (nSPS) is 22.6. The smallest absolute Gasteiger partial charge is 0.0576 e. The summed E-state index contributed by atoms with van der Waals surface area (Å²) in [7, 11) is 2.02. The highest BCUT2D eigenvalue weighted by molar-refractivity contribution is 5.59. The van der Waals surface area contributed by atoms with Gasteiger partial charge in [0.15, 0.2) is 0 Å². The minimum absolute atomic E-state index is 0.434. The first kappa shape index (κ1) is 14.9. The molecule has 116 valence electrons. The van der Waals surface area contributed by atoms with Gasteiger partial charge in [-0.25, -0.2) is 0 Å². The summed E-state index contributed by atoms with van der Waals surface area (Å²) in [6.07, 6.45) is 6.72. The van der Waals surface area contributed by atoms with Crippen molar-refractivity contribution in [3.05, 3.63) is 29.3 Å². The van der Waals surface area contributed by atoms with E-state index in [2.05, 4.69) is 35.3 Å². The molecule has 1 aromatic rings. The maximum atomic E-state index is 5.72. The van der Waals surface area contributed by atoms with Gasteiger partial charge in [0.1, 0.15) is 0 Å². The molecule has 3 heteroatoms. The number of benzene rings is 1. The lowest BCUT2D eigenvalue weighted by molar-refractivity contribution is 0.103. The zero-order valence-corrected chi connectivity index (χ0v) is 13.4. The molecule has 0 amide bonds. The fourth-order valence-corrected chi connectivity index (χ4v) is 3.54. The molecule has 1 saturated heterocycles. The van der Waals surface area contributed by atoms with Gasteiger partial charge in [-0.05, 0) is 63.3 Å². The summed E-state index contributed by atoms with van der Waals surface area (Å²) < 4.78 is 5.72. The standard InChI is InChI=1S/C18H28N2O/c1-14(19-2)15-7-8-18-16(13-15)9-11-20(18)10-3-5-17-6-4-12-21-17/h7-8,13-14,17,19H,3-6,9-12H2,1-2H3. The molecule has 1 aromatic carbocycles. The van der Waals surface area contributed by atoms with Crippen molar-refractivity contribution in [2.75, 3.05) is 31.6 Å². The first-order chi connectivity index (χ1) is 10.3. The van der Waals surface area contributed by atoms with Crippen molar-refractivity contribution in [2.24, 2.45) is 0 Å². The molecule has 2 aliphatic rings. The van der Waals surface area contributed by atoms with Gasteiger partial charge < -0.3 is 15.0 Å². The van der Waals surface area contributed by atoms with Crippen molar-refractivity contribution in [3.63, 3.8) is 0 Å². The van der Waals surface area contributed by atoms with Crippen LogP contribution in [-0.2, 0) is 11.2 Å². The van der Waals surface area contributed by atoms with Crippen LogP contribution in [0.2, 0.25) is 0 Å². The van der Waals surface area contributed by atoms with E-state index in [1.54, 1.807) is 0 Å². The molecule has 3 rings (SSSR count). The molecule has 2 unspecified atom stereocenters. The van der Waals surface area contributed by atoms with Gasteiger partial charge in [-0.15, -0.1) is 0 Å². The first-order valence-electron chi connectivity index (χ1n) is 8.44. The van der Waals surface area contributed by atoms with Crippen LogP contribution < -0.4 is 10.2 Å². The second kappa shape index (κ2) is 6.80. The lowest BCUT2D eigenvalue weighted by Crippen LogP contribution is -2.22. The molecule has 0 aliphatic carbocycles. The number of ether oxygens (including phenoxy) is 1. The summed E-state index contributed by atoms with van der Waals surface area (Å²) in [5.41, 5.74) is 4.37. The van der Waals surface area contributed by atoms with Crippen LogP contribution >= 0.6 is 0 Å². The van der Waals surface area contributed by atoms with Crippen LogP contribution in [0, 0.1) is 0 Å². The second-order valence-corrected chi connectivity index (χ2v) is 6.41. The van der Waals surface area contributed by atoms with E-state index in [0.717, 1.165) is 6.61 Å². The first-order valence-corrected chi connectivity index (χ1v) is 8.44. The summed E-state index contributed by atoms with van der Waals surface area (Å²) in [6, 6.07) is 7.41. The summed E-state index contributed by atoms with van der Waals surface area (Å²) in [5.74, 6) is 0. The Morgan fingerprint density at radius 1 is 1.43 bits per heavy atom. The van der Waals surface area contributed by atoms with Gasteiger partial charge in [-0.3, -0.25) is 0 Å². The average Bonchev–Trinajstić information content (AvgIpc) is 3.16. The van der Waals surface area contributed by atoms with Gasteiger partial charge in [-0.2, -0.15) is 0 Å². The molecule has 2 atom stereocenters. The van der Waals surface area contributed by atoms with Crippen molar-refractivity contribution >= 4 is 5.69 Å². The Morgan fingerprint density at radius 2 is 2.33 bits per heavy atom. The SMILES string of the molecule is CNC(C)c1ccc2c(c1)CCN2CCCC1CCCO1. The van der Waals surface area contributed by atoms with E-state index in [-0.39, 0.29) is 0 Å². The summed E-state index contributed by atoms with van der Waals surface area (Å²) in [6.45, 7) is 5.55. The quantitative estimate of drug-likeness (QED) is 0.869. The van der Waals surface area contributed by atoms with E-state index in [1.165, 1.54) is 62.0 Å². The van der Waals surface area contributed by atoms with Gasteiger partial charge in [0, 0.05) is 31.4 Å². The van der Waals surface area contributed by atoms with Gasteiger partial charge in [0.25, 0.3) is 0 Å². The second-order valence-electron chi connectivity index (χ2n) is 6.41. The van der Waals surface area contributed by atoms with Crippen LogP contribution in [0.5, 0.6) is 0 Å². The van der Waals surface area contributed by atoms with E-state index in [4.69, 9.17) is 4.74 Å². The van der Waals surface area contributed by atoms with Gasteiger partial charge in [0.05, 0.1) is 6.10 Å². The molecule has 2 aliphatic heterocycles. The Kier molecular flexibility index (Phi) is 4.81. The molecule has 0 spiro atoms. The third kappa shape index (κ3) is 3.41. The number of hydrogen-bond donors (Lipinski definition) is 1. The zero-order valence-electron chi connectivity index (χ0n) is 13.4. The average molecular weight is 288 g/mol. The topological polar surface area (TPSA) is 24.5 Å². The third-order valence-corrected chi connectivity index (χ3v) is 5.01. The minimum Gasteiger partial charge on any atom is -0.378 e.